The van der Waals surface area contributed by atoms with Crippen LogP contribution in [0.4, 0.5) is 0 Å². The number of nitrogens with one attached hydrogen (secondary N) is 2. The Morgan fingerprint density at radius 2 is 2.14 bits per heavy atom. The minimum atomic E-state index is -0.582. The van der Waals surface area contributed by atoms with Crippen molar-refractivity contribution in [1.82, 2.24) is 19.4 Å². The molecular formula is C13H10ClN5O2S. The molecule has 1 aromatic carbocycles. The van der Waals surface area contributed by atoms with E-state index in [0.29, 0.717) is 10.9 Å². The van der Waals surface area contributed by atoms with E-state index >= 15 is 0 Å². The standard InChI is InChI=1S/C13H10ClN5O2S/c1-18-10(8(14)6-15-18)11(20)17-19-12(21)7-4-2-3-5-9(7)16-13(19)22/h2-6H,1H3,(H,16,22)(H,17,20). The quantitative estimate of drug-likeness (QED) is 0.700. The molecule has 0 aliphatic carbocycles. The maximum atomic E-state index is 12.4. The van der Waals surface area contributed by atoms with E-state index in [-0.39, 0.29) is 15.5 Å². The van der Waals surface area contributed by atoms with Crippen LogP contribution in [-0.2, 0) is 7.05 Å². The molecule has 22 heavy (non-hydrogen) atoms. The number of H-pyrrole nitrogens is 1. The van der Waals surface area contributed by atoms with E-state index in [1.165, 1.54) is 10.9 Å². The minimum absolute atomic E-state index is 0.0790. The third-order valence-electron chi connectivity index (χ3n) is 3.13. The number of aryl methyl sites for hydroxylation is 1. The molecule has 0 aliphatic heterocycles. The molecule has 0 saturated heterocycles. The second kappa shape index (κ2) is 5.39. The van der Waals surface area contributed by atoms with Gasteiger partial charge in [0.1, 0.15) is 5.69 Å². The lowest BCUT2D eigenvalue weighted by molar-refractivity contribution is 0.0997. The van der Waals surface area contributed by atoms with Crippen molar-refractivity contribution in [2.45, 2.75) is 0 Å². The Morgan fingerprint density at radius 3 is 2.82 bits per heavy atom. The molecule has 3 aromatic rings. The lowest BCUT2D eigenvalue weighted by Gasteiger charge is -2.10. The van der Waals surface area contributed by atoms with E-state index in [2.05, 4.69) is 15.5 Å². The molecule has 7 nitrogen and oxygen atoms in total. The molecule has 0 radical (unpaired) electrons. The molecular weight excluding hydrogens is 326 g/mol. The highest BCUT2D eigenvalue weighted by Gasteiger charge is 2.17. The molecule has 0 saturated carbocycles. The number of hydrogen-bond acceptors (Lipinski definition) is 4. The van der Waals surface area contributed by atoms with Crippen molar-refractivity contribution in [2.24, 2.45) is 7.05 Å². The van der Waals surface area contributed by atoms with Gasteiger partial charge < -0.3 is 4.98 Å². The first-order valence-electron chi connectivity index (χ1n) is 6.22. The third kappa shape index (κ3) is 2.32. The lowest BCUT2D eigenvalue weighted by Crippen LogP contribution is -2.35. The molecule has 112 valence electrons. The number of aromatic nitrogens is 4. The molecule has 0 fully saturated rings. The predicted octanol–water partition coefficient (Wildman–Crippen LogP) is 1.83. The molecule has 2 N–H and O–H groups in total. The fourth-order valence-corrected chi connectivity index (χ4v) is 2.57. The number of carbonyl (C=O) groups is 1. The van der Waals surface area contributed by atoms with Gasteiger partial charge in [0.2, 0.25) is 0 Å². The minimum Gasteiger partial charge on any atom is -0.330 e. The number of para-hydroxylation sites is 1. The highest BCUT2D eigenvalue weighted by molar-refractivity contribution is 7.71. The van der Waals surface area contributed by atoms with Crippen LogP contribution >= 0.6 is 23.8 Å². The third-order valence-corrected chi connectivity index (χ3v) is 3.69. The van der Waals surface area contributed by atoms with Crippen molar-refractivity contribution in [2.75, 3.05) is 5.43 Å². The number of fused-ring (bicyclic) bond motifs is 1. The van der Waals surface area contributed by atoms with Gasteiger partial charge in [-0.05, 0) is 24.4 Å². The maximum Gasteiger partial charge on any atom is 0.290 e. The number of benzene rings is 1. The summed E-state index contributed by atoms with van der Waals surface area (Å²) in [6, 6.07) is 6.88. The Hall–Kier alpha value is -2.45. The van der Waals surface area contributed by atoms with E-state index in [0.717, 1.165) is 4.68 Å². The summed E-state index contributed by atoms with van der Waals surface area (Å²) in [6.45, 7) is 0. The van der Waals surface area contributed by atoms with Gasteiger partial charge in [-0.1, -0.05) is 23.7 Å². The average molecular weight is 336 g/mol. The van der Waals surface area contributed by atoms with Crippen LogP contribution in [0.3, 0.4) is 0 Å². The van der Waals surface area contributed by atoms with Crippen LogP contribution in [-0.4, -0.2) is 25.3 Å². The highest BCUT2D eigenvalue weighted by atomic mass is 35.5. The van der Waals surface area contributed by atoms with E-state index < -0.39 is 11.5 Å². The molecule has 0 spiro atoms. The van der Waals surface area contributed by atoms with Crippen LogP contribution in [0.1, 0.15) is 10.5 Å². The number of nitrogens with zero attached hydrogens (tertiary/aromatic N) is 3. The Bertz CT molecular complexity index is 984. The first-order chi connectivity index (χ1) is 10.5. The second-order valence-electron chi connectivity index (χ2n) is 4.52. The largest absolute Gasteiger partial charge is 0.330 e. The van der Waals surface area contributed by atoms with E-state index in [9.17, 15) is 9.59 Å². The average Bonchev–Trinajstić information content (AvgIpc) is 2.82. The zero-order chi connectivity index (χ0) is 15.9. The second-order valence-corrected chi connectivity index (χ2v) is 5.32. The molecule has 2 aromatic heterocycles. The monoisotopic (exact) mass is 335 g/mol. The summed E-state index contributed by atoms with van der Waals surface area (Å²) in [7, 11) is 1.57. The highest BCUT2D eigenvalue weighted by Crippen LogP contribution is 2.14. The number of aromatic amines is 1. The first-order valence-corrected chi connectivity index (χ1v) is 7.00. The van der Waals surface area contributed by atoms with Crippen LogP contribution in [0.25, 0.3) is 10.9 Å². The Morgan fingerprint density at radius 1 is 1.41 bits per heavy atom. The zero-order valence-electron chi connectivity index (χ0n) is 11.3. The molecule has 9 heteroatoms. The van der Waals surface area contributed by atoms with Gasteiger partial charge in [-0.3, -0.25) is 19.7 Å². The van der Waals surface area contributed by atoms with Crippen molar-refractivity contribution < 1.29 is 4.79 Å². The smallest absolute Gasteiger partial charge is 0.290 e. The van der Waals surface area contributed by atoms with Crippen LogP contribution in [0.2, 0.25) is 5.02 Å². The van der Waals surface area contributed by atoms with Crippen LogP contribution in [0.15, 0.2) is 35.3 Å². The van der Waals surface area contributed by atoms with Gasteiger partial charge in [-0.15, -0.1) is 0 Å². The van der Waals surface area contributed by atoms with Gasteiger partial charge in [0, 0.05) is 7.05 Å². The van der Waals surface area contributed by atoms with E-state index in [1.54, 1.807) is 31.3 Å². The van der Waals surface area contributed by atoms with Crippen LogP contribution in [0.5, 0.6) is 0 Å². The maximum absolute atomic E-state index is 12.4. The normalized spacial score (nSPS) is 10.8. The van der Waals surface area contributed by atoms with Crippen molar-refractivity contribution in [3.05, 3.63) is 56.3 Å². The summed E-state index contributed by atoms with van der Waals surface area (Å²) in [6.07, 6.45) is 1.35. The number of rotatable bonds is 2. The summed E-state index contributed by atoms with van der Waals surface area (Å²) < 4.78 is 2.37. The molecule has 0 bridgehead atoms. The SMILES string of the molecule is Cn1ncc(Cl)c1C(=O)Nn1c(=S)[nH]c2ccccc2c1=O. The van der Waals surface area contributed by atoms with Crippen LogP contribution in [0, 0.1) is 4.77 Å². The number of hydrogen-bond donors (Lipinski definition) is 2. The summed E-state index contributed by atoms with van der Waals surface area (Å²) in [5.41, 5.74) is 2.75. The molecule has 0 aliphatic rings. The van der Waals surface area contributed by atoms with Gasteiger partial charge in [-0.25, -0.2) is 0 Å². The topological polar surface area (TPSA) is 84.7 Å². The first kappa shape index (κ1) is 14.5. The van der Waals surface area contributed by atoms with E-state index in [1.807, 2.05) is 0 Å². The predicted molar refractivity (Wildman–Crippen MR) is 85.3 cm³/mol. The van der Waals surface area contributed by atoms with Gasteiger partial charge in [-0.2, -0.15) is 9.77 Å². The van der Waals surface area contributed by atoms with Crippen LogP contribution < -0.4 is 11.0 Å². The number of carbonyl (C=O) groups excluding carboxylic acids is 1. The molecule has 0 atom stereocenters. The van der Waals surface area contributed by atoms with Crippen molar-refractivity contribution >= 4 is 40.6 Å². The van der Waals surface area contributed by atoms with Crippen molar-refractivity contribution in [3.63, 3.8) is 0 Å². The Kier molecular flexibility index (Phi) is 3.55. The number of halogens is 1. The van der Waals surface area contributed by atoms with Crippen molar-refractivity contribution in [1.29, 1.82) is 0 Å². The summed E-state index contributed by atoms with van der Waals surface area (Å²) in [5.74, 6) is -0.582. The lowest BCUT2D eigenvalue weighted by atomic mass is 10.2. The van der Waals surface area contributed by atoms with Gasteiger partial charge in [0.15, 0.2) is 4.77 Å². The van der Waals surface area contributed by atoms with Gasteiger partial charge >= 0.3 is 0 Å². The summed E-state index contributed by atoms with van der Waals surface area (Å²) in [4.78, 5) is 27.6. The molecule has 2 heterocycles. The van der Waals surface area contributed by atoms with Gasteiger partial charge in [0.25, 0.3) is 11.5 Å². The molecule has 3 rings (SSSR count). The summed E-state index contributed by atoms with van der Waals surface area (Å²) in [5, 5.41) is 4.47. The van der Waals surface area contributed by atoms with E-state index in [4.69, 9.17) is 23.8 Å². The Balaban J connectivity index is 2.10. The number of amides is 1. The van der Waals surface area contributed by atoms with Crippen molar-refractivity contribution in [3.8, 4) is 0 Å². The summed E-state index contributed by atoms with van der Waals surface area (Å²) >= 11 is 11.0. The fraction of sp³-hybridized carbons (Fsp3) is 0.0769. The van der Waals surface area contributed by atoms with Gasteiger partial charge in [0.05, 0.1) is 22.1 Å². The molecule has 0 unspecified atom stereocenters. The molecule has 1 amide bonds. The Labute approximate surface area is 134 Å². The zero-order valence-corrected chi connectivity index (χ0v) is 12.9. The fourth-order valence-electron chi connectivity index (χ4n) is 2.08.